The van der Waals surface area contributed by atoms with Gasteiger partial charge in [0, 0.05) is 26.2 Å². The van der Waals surface area contributed by atoms with Crippen molar-refractivity contribution in [1.29, 1.82) is 0 Å². The fraction of sp³-hybridized carbons (Fsp3) is 0.471. The highest BCUT2D eigenvalue weighted by molar-refractivity contribution is 5.90. The van der Waals surface area contributed by atoms with Crippen molar-refractivity contribution in [3.63, 3.8) is 0 Å². The van der Waals surface area contributed by atoms with Gasteiger partial charge in [-0.3, -0.25) is 4.79 Å². The van der Waals surface area contributed by atoms with Crippen molar-refractivity contribution in [2.45, 2.75) is 32.2 Å². The van der Waals surface area contributed by atoms with Crippen LogP contribution in [0.5, 0.6) is 0 Å². The van der Waals surface area contributed by atoms with E-state index >= 15 is 0 Å². The first-order chi connectivity index (χ1) is 11.7. The molecule has 0 spiro atoms. The van der Waals surface area contributed by atoms with Crippen LogP contribution < -0.4 is 5.32 Å². The van der Waals surface area contributed by atoms with E-state index in [0.717, 1.165) is 38.0 Å². The van der Waals surface area contributed by atoms with Gasteiger partial charge in [0.2, 0.25) is 5.89 Å². The number of nitrogens with zero attached hydrogens (tertiary/aromatic N) is 2. The van der Waals surface area contributed by atoms with E-state index in [1.807, 2.05) is 0 Å². The largest absolute Gasteiger partial charge is 0.381 e. The topological polar surface area (TPSA) is 77.2 Å². The molecule has 0 radical (unpaired) electrons. The maximum atomic E-state index is 12.8. The lowest BCUT2D eigenvalue weighted by atomic mass is 9.97. The van der Waals surface area contributed by atoms with Gasteiger partial charge in [0.1, 0.15) is 5.82 Å². The SMILES string of the molecule is O=C(NCc1ccc(F)cc1)c1noc(CCC2CCCOC2)n1. The van der Waals surface area contributed by atoms with Crippen LogP contribution in [-0.4, -0.2) is 29.3 Å². The molecule has 1 N–H and O–H groups in total. The number of carbonyl (C=O) groups excluding carboxylic acids is 1. The van der Waals surface area contributed by atoms with E-state index in [1.54, 1.807) is 12.1 Å². The van der Waals surface area contributed by atoms with Gasteiger partial charge in [-0.25, -0.2) is 4.39 Å². The molecule has 3 rings (SSSR count). The molecular weight excluding hydrogens is 313 g/mol. The summed E-state index contributed by atoms with van der Waals surface area (Å²) >= 11 is 0. The fourth-order valence-corrected chi connectivity index (χ4v) is 2.67. The normalized spacial score (nSPS) is 17.6. The summed E-state index contributed by atoms with van der Waals surface area (Å²) in [6.45, 7) is 1.90. The lowest BCUT2D eigenvalue weighted by molar-refractivity contribution is 0.0511. The molecular formula is C17H20FN3O3. The molecule has 6 nitrogen and oxygen atoms in total. The average molecular weight is 333 g/mol. The van der Waals surface area contributed by atoms with Crippen LogP contribution in [0.1, 0.15) is 41.3 Å². The fourth-order valence-electron chi connectivity index (χ4n) is 2.67. The molecule has 1 aliphatic heterocycles. The number of carbonyl (C=O) groups is 1. The second-order valence-corrected chi connectivity index (χ2v) is 5.94. The molecule has 7 heteroatoms. The molecule has 1 fully saturated rings. The van der Waals surface area contributed by atoms with Crippen LogP contribution in [0.25, 0.3) is 0 Å². The second kappa shape index (κ2) is 8.01. The minimum atomic E-state index is -0.407. The molecule has 1 unspecified atom stereocenters. The summed E-state index contributed by atoms with van der Waals surface area (Å²) in [4.78, 5) is 16.1. The molecule has 1 amide bonds. The number of halogens is 1. The molecule has 1 aliphatic rings. The van der Waals surface area contributed by atoms with Gasteiger partial charge in [0.25, 0.3) is 11.7 Å². The van der Waals surface area contributed by atoms with Crippen molar-refractivity contribution >= 4 is 5.91 Å². The maximum Gasteiger partial charge on any atom is 0.292 e. The highest BCUT2D eigenvalue weighted by atomic mass is 19.1. The predicted octanol–water partition coefficient (Wildman–Crippen LogP) is 2.50. The number of nitrogens with one attached hydrogen (secondary N) is 1. The Kier molecular flexibility index (Phi) is 5.53. The molecule has 0 aliphatic carbocycles. The van der Waals surface area contributed by atoms with E-state index < -0.39 is 5.91 Å². The van der Waals surface area contributed by atoms with Crippen molar-refractivity contribution in [2.24, 2.45) is 5.92 Å². The number of hydrogen-bond acceptors (Lipinski definition) is 5. The first kappa shape index (κ1) is 16.6. The predicted molar refractivity (Wildman–Crippen MR) is 83.7 cm³/mol. The van der Waals surface area contributed by atoms with E-state index in [2.05, 4.69) is 15.5 Å². The molecule has 128 valence electrons. The highest BCUT2D eigenvalue weighted by Crippen LogP contribution is 2.19. The van der Waals surface area contributed by atoms with E-state index in [4.69, 9.17) is 9.26 Å². The average Bonchev–Trinajstić information content (AvgIpc) is 3.09. The lowest BCUT2D eigenvalue weighted by Crippen LogP contribution is -2.24. The van der Waals surface area contributed by atoms with Gasteiger partial charge in [0.05, 0.1) is 0 Å². The maximum absolute atomic E-state index is 12.8. The molecule has 2 heterocycles. The van der Waals surface area contributed by atoms with Crippen LogP contribution in [-0.2, 0) is 17.7 Å². The summed E-state index contributed by atoms with van der Waals surface area (Å²) in [7, 11) is 0. The molecule has 1 aromatic heterocycles. The van der Waals surface area contributed by atoms with Crippen LogP contribution in [0, 0.1) is 11.7 Å². The Morgan fingerprint density at radius 3 is 2.92 bits per heavy atom. The number of ether oxygens (including phenoxy) is 1. The third-order valence-corrected chi connectivity index (χ3v) is 4.06. The number of aromatic nitrogens is 2. The molecule has 0 saturated carbocycles. The molecule has 1 aromatic carbocycles. The van der Waals surface area contributed by atoms with E-state index in [0.29, 0.717) is 18.2 Å². The van der Waals surface area contributed by atoms with Crippen molar-refractivity contribution in [1.82, 2.24) is 15.5 Å². The Morgan fingerprint density at radius 1 is 1.33 bits per heavy atom. The summed E-state index contributed by atoms with van der Waals surface area (Å²) in [5.74, 6) is 0.285. The number of aryl methyl sites for hydroxylation is 1. The van der Waals surface area contributed by atoms with Gasteiger partial charge in [0.15, 0.2) is 0 Å². The minimum absolute atomic E-state index is 0.0204. The summed E-state index contributed by atoms with van der Waals surface area (Å²) in [6.07, 6.45) is 3.80. The highest BCUT2D eigenvalue weighted by Gasteiger charge is 2.18. The van der Waals surface area contributed by atoms with Crippen molar-refractivity contribution in [3.8, 4) is 0 Å². The first-order valence-corrected chi connectivity index (χ1v) is 8.13. The van der Waals surface area contributed by atoms with E-state index in [-0.39, 0.29) is 18.2 Å². The summed E-state index contributed by atoms with van der Waals surface area (Å²) < 4.78 is 23.4. The standard InChI is InChI=1S/C17H20FN3O3/c18-14-6-3-12(4-7-14)10-19-17(22)16-20-15(24-21-16)8-5-13-2-1-9-23-11-13/h3-4,6-7,13H,1-2,5,8-11H2,(H,19,22). The van der Waals surface area contributed by atoms with E-state index in [1.165, 1.54) is 12.1 Å². The Bertz CT molecular complexity index is 666. The van der Waals surface area contributed by atoms with Crippen molar-refractivity contribution < 1.29 is 18.4 Å². The van der Waals surface area contributed by atoms with Crippen molar-refractivity contribution in [2.75, 3.05) is 13.2 Å². The number of benzene rings is 1. The zero-order valence-electron chi connectivity index (χ0n) is 13.3. The molecule has 1 saturated heterocycles. The smallest absolute Gasteiger partial charge is 0.292 e. The third kappa shape index (κ3) is 4.61. The zero-order valence-corrected chi connectivity index (χ0v) is 13.3. The number of rotatable bonds is 6. The Morgan fingerprint density at radius 2 is 2.17 bits per heavy atom. The monoisotopic (exact) mass is 333 g/mol. The first-order valence-electron chi connectivity index (χ1n) is 8.13. The third-order valence-electron chi connectivity index (χ3n) is 4.06. The summed E-state index contributed by atoms with van der Waals surface area (Å²) in [6, 6.07) is 5.93. The van der Waals surface area contributed by atoms with Gasteiger partial charge in [-0.15, -0.1) is 0 Å². The van der Waals surface area contributed by atoms with Gasteiger partial charge < -0.3 is 14.6 Å². The number of hydrogen-bond donors (Lipinski definition) is 1. The van der Waals surface area contributed by atoms with Gasteiger partial charge >= 0.3 is 0 Å². The summed E-state index contributed by atoms with van der Waals surface area (Å²) in [5, 5.41) is 6.40. The minimum Gasteiger partial charge on any atom is -0.381 e. The Balaban J connectivity index is 1.47. The van der Waals surface area contributed by atoms with Gasteiger partial charge in [-0.1, -0.05) is 17.3 Å². The quantitative estimate of drug-likeness (QED) is 0.879. The lowest BCUT2D eigenvalue weighted by Gasteiger charge is -2.20. The Labute approximate surface area is 139 Å². The van der Waals surface area contributed by atoms with Crippen molar-refractivity contribution in [3.05, 3.63) is 47.4 Å². The van der Waals surface area contributed by atoms with Crippen LogP contribution in [0.2, 0.25) is 0 Å². The number of amides is 1. The van der Waals surface area contributed by atoms with E-state index in [9.17, 15) is 9.18 Å². The molecule has 2 aromatic rings. The van der Waals surface area contributed by atoms with Crippen LogP contribution in [0.3, 0.4) is 0 Å². The zero-order chi connectivity index (χ0) is 16.8. The van der Waals surface area contributed by atoms with Crippen LogP contribution in [0.15, 0.2) is 28.8 Å². The Hall–Kier alpha value is -2.28. The second-order valence-electron chi connectivity index (χ2n) is 5.94. The van der Waals surface area contributed by atoms with Gasteiger partial charge in [-0.2, -0.15) is 4.98 Å². The molecule has 0 bridgehead atoms. The summed E-state index contributed by atoms with van der Waals surface area (Å²) in [5.41, 5.74) is 0.797. The van der Waals surface area contributed by atoms with Crippen LogP contribution in [0.4, 0.5) is 4.39 Å². The van der Waals surface area contributed by atoms with Gasteiger partial charge in [-0.05, 0) is 42.9 Å². The molecule has 1 atom stereocenters. The van der Waals surface area contributed by atoms with Crippen LogP contribution >= 0.6 is 0 Å². The molecule has 24 heavy (non-hydrogen) atoms.